The maximum atomic E-state index is 14.4. The molecule has 4 heterocycles. The molecule has 3 N–H and O–H groups in total. The number of benzene rings is 2. The lowest BCUT2D eigenvalue weighted by atomic mass is 9.90. The lowest BCUT2D eigenvalue weighted by Gasteiger charge is -2.28. The van der Waals surface area contributed by atoms with Crippen LogP contribution in [0.25, 0.3) is 22.4 Å². The van der Waals surface area contributed by atoms with Crippen molar-refractivity contribution in [2.45, 2.75) is 94.0 Å². The molecule has 2 aliphatic carbocycles. The minimum absolute atomic E-state index is 0.119. The van der Waals surface area contributed by atoms with E-state index in [9.17, 15) is 27.1 Å². The van der Waals surface area contributed by atoms with Crippen LogP contribution in [0.2, 0.25) is 0 Å². The third kappa shape index (κ3) is 7.34. The molecule has 4 atom stereocenters. The Morgan fingerprint density at radius 2 is 1.77 bits per heavy atom. The van der Waals surface area contributed by atoms with Gasteiger partial charge in [-0.05, 0) is 87.3 Å². The fourth-order valence-corrected chi connectivity index (χ4v) is 9.24. The van der Waals surface area contributed by atoms with Gasteiger partial charge in [-0.2, -0.15) is 4.98 Å². The van der Waals surface area contributed by atoms with E-state index >= 15 is 0 Å². The Bertz CT molecular complexity index is 2430. The summed E-state index contributed by atoms with van der Waals surface area (Å²) >= 11 is 0. The normalized spacial score (nSPS) is 23.4. The number of hydrogen-bond donors (Lipinski definition) is 3. The highest BCUT2D eigenvalue weighted by atomic mass is 32.2. The molecule has 3 fully saturated rings. The molecule has 2 saturated carbocycles. The average Bonchev–Trinajstić information content (AvgIpc) is 4.04. The van der Waals surface area contributed by atoms with Gasteiger partial charge in [-0.3, -0.25) is 4.98 Å². The molecule has 15 heteroatoms. The second-order valence-electron chi connectivity index (χ2n) is 15.9. The van der Waals surface area contributed by atoms with E-state index in [0.717, 1.165) is 54.1 Å². The number of aromatic nitrogens is 5. The van der Waals surface area contributed by atoms with Crippen molar-refractivity contribution in [1.82, 2.24) is 29.8 Å². The zero-order valence-corrected chi connectivity index (χ0v) is 32.5. The van der Waals surface area contributed by atoms with Crippen LogP contribution in [0.1, 0.15) is 90.8 Å². The topological polar surface area (TPSA) is 161 Å². The first kappa shape index (κ1) is 37.9. The van der Waals surface area contributed by atoms with Gasteiger partial charge in [0.2, 0.25) is 11.8 Å². The zero-order valence-electron chi connectivity index (χ0n) is 31.7. The highest BCUT2D eigenvalue weighted by molar-refractivity contribution is 7.92. The zero-order chi connectivity index (χ0) is 39.6. The highest BCUT2D eigenvalue weighted by Crippen LogP contribution is 2.61. The van der Waals surface area contributed by atoms with E-state index in [0.29, 0.717) is 34.4 Å². The molecule has 5 aromatic rings. The van der Waals surface area contributed by atoms with Crippen molar-refractivity contribution < 1.29 is 31.8 Å². The van der Waals surface area contributed by atoms with Gasteiger partial charge in [-0.1, -0.05) is 43.5 Å². The van der Waals surface area contributed by atoms with E-state index in [1.165, 1.54) is 31.0 Å². The van der Waals surface area contributed by atoms with Crippen LogP contribution in [0.5, 0.6) is 5.88 Å². The molecular weight excluding hydrogens is 741 g/mol. The minimum atomic E-state index is -4.28. The number of aryl methyl sites for hydroxylation is 3. The molecule has 56 heavy (non-hydrogen) atoms. The fraction of sp³-hybridized carbons (Fsp3) is 0.439. The number of carbonyl (C=O) groups is 1. The van der Waals surface area contributed by atoms with Crippen molar-refractivity contribution in [2.24, 2.45) is 18.9 Å². The summed E-state index contributed by atoms with van der Waals surface area (Å²) in [5.74, 6) is -3.10. The number of rotatable bonds is 12. The second-order valence-corrected chi connectivity index (χ2v) is 17.6. The van der Waals surface area contributed by atoms with Gasteiger partial charge in [0.15, 0.2) is 5.65 Å². The van der Waals surface area contributed by atoms with Crippen LogP contribution in [-0.4, -0.2) is 62.6 Å². The third-order valence-electron chi connectivity index (χ3n) is 11.8. The number of nitrogens with one attached hydrogen (secondary N) is 2. The number of halogens is 2. The quantitative estimate of drug-likeness (QED) is 0.115. The van der Waals surface area contributed by atoms with Gasteiger partial charge < -0.3 is 19.7 Å². The monoisotopic (exact) mass is 785 g/mol. The van der Waals surface area contributed by atoms with E-state index < -0.39 is 27.3 Å². The number of hydrogen-bond acceptors (Lipinski definition) is 9. The van der Waals surface area contributed by atoms with Gasteiger partial charge >= 0.3 is 5.97 Å². The molecule has 3 aliphatic rings. The maximum Gasteiger partial charge on any atom is 0.335 e. The van der Waals surface area contributed by atoms with E-state index in [4.69, 9.17) is 9.72 Å². The van der Waals surface area contributed by atoms with Crippen molar-refractivity contribution in [2.75, 3.05) is 11.3 Å². The number of aromatic carboxylic acids is 1. The lowest BCUT2D eigenvalue weighted by molar-refractivity contribution is 0.0696. The van der Waals surface area contributed by atoms with Gasteiger partial charge in [0.25, 0.3) is 15.9 Å². The predicted octanol–water partition coefficient (Wildman–Crippen LogP) is 7.52. The Kier molecular flexibility index (Phi) is 9.59. The van der Waals surface area contributed by atoms with Crippen LogP contribution < -0.4 is 14.8 Å². The number of nitrogens with zero attached hydrogens (tertiary/aromatic N) is 5. The smallest absolute Gasteiger partial charge is 0.335 e. The van der Waals surface area contributed by atoms with Gasteiger partial charge in [0.1, 0.15) is 12.1 Å². The molecule has 12 nitrogen and oxygen atoms in total. The van der Waals surface area contributed by atoms with Gasteiger partial charge in [-0.25, -0.2) is 36.7 Å². The molecule has 8 rings (SSSR count). The number of carboxylic acids is 1. The van der Waals surface area contributed by atoms with Crippen LogP contribution in [0.15, 0.2) is 65.7 Å². The van der Waals surface area contributed by atoms with Crippen LogP contribution in [0, 0.1) is 25.7 Å². The molecular formula is C41H45F2N7O5S. The van der Waals surface area contributed by atoms with Gasteiger partial charge in [-0.15, -0.1) is 0 Å². The van der Waals surface area contributed by atoms with E-state index in [2.05, 4.69) is 25.0 Å². The molecule has 294 valence electrons. The molecule has 1 unspecified atom stereocenters. The Labute approximate surface area is 324 Å². The highest BCUT2D eigenvalue weighted by Gasteiger charge is 2.70. The Morgan fingerprint density at radius 3 is 2.46 bits per heavy atom. The van der Waals surface area contributed by atoms with Gasteiger partial charge in [0.05, 0.1) is 39.5 Å². The molecule has 3 aromatic heterocycles. The first-order chi connectivity index (χ1) is 26.6. The van der Waals surface area contributed by atoms with Gasteiger partial charge in [0, 0.05) is 36.8 Å². The largest absolute Gasteiger partial charge is 0.478 e. The number of alkyl halides is 2. The molecule has 0 amide bonds. The van der Waals surface area contributed by atoms with Crippen LogP contribution in [-0.2, 0) is 22.5 Å². The SMILES string of the molecule is Cc1cccc(C)c1-c1cc(OC[C@@H]2N[C@H](c3cnc4cc(C5(C)CC5(F)F)n(C)c4n3)CCC[C@H]2CC2CC2)nc(NS(=O)(=O)c2cccc(C(=O)O)c2)n1. The first-order valence-corrected chi connectivity index (χ1v) is 20.5. The second kappa shape index (κ2) is 14.2. The van der Waals surface area contributed by atoms with E-state index in [-0.39, 0.29) is 47.4 Å². The Morgan fingerprint density at radius 1 is 1.04 bits per heavy atom. The summed E-state index contributed by atoms with van der Waals surface area (Å²) in [7, 11) is -2.51. The van der Waals surface area contributed by atoms with Crippen molar-refractivity contribution in [3.8, 4) is 17.1 Å². The lowest BCUT2D eigenvalue weighted by Crippen LogP contribution is -2.42. The van der Waals surface area contributed by atoms with Crippen LogP contribution >= 0.6 is 0 Å². The van der Waals surface area contributed by atoms with E-state index in [1.807, 2.05) is 32.0 Å². The maximum absolute atomic E-state index is 14.4. The summed E-state index contributed by atoms with van der Waals surface area (Å²) in [4.78, 5) is 30.1. The predicted molar refractivity (Wildman–Crippen MR) is 206 cm³/mol. The Balaban J connectivity index is 1.09. The fourth-order valence-electron chi connectivity index (χ4n) is 8.25. The number of sulfonamides is 1. The summed E-state index contributed by atoms with van der Waals surface area (Å²) in [5, 5.41) is 13.3. The molecule has 0 spiro atoms. The molecule has 1 aliphatic heterocycles. The molecule has 2 aromatic carbocycles. The van der Waals surface area contributed by atoms with Crippen molar-refractivity contribution in [1.29, 1.82) is 0 Å². The first-order valence-electron chi connectivity index (χ1n) is 19.0. The summed E-state index contributed by atoms with van der Waals surface area (Å²) in [6.07, 6.45) is 7.73. The van der Waals surface area contributed by atoms with Crippen molar-refractivity contribution in [3.05, 3.63) is 88.9 Å². The van der Waals surface area contributed by atoms with Crippen LogP contribution in [0.3, 0.4) is 0 Å². The number of fused-ring (bicyclic) bond motifs is 1. The molecule has 0 radical (unpaired) electrons. The summed E-state index contributed by atoms with van der Waals surface area (Å²) in [6.45, 7) is 5.70. The molecule has 0 bridgehead atoms. The molecule has 1 saturated heterocycles. The minimum Gasteiger partial charge on any atom is -0.478 e. The number of anilines is 1. The van der Waals surface area contributed by atoms with Crippen LogP contribution in [0.4, 0.5) is 14.7 Å². The Hall–Kier alpha value is -5.02. The summed E-state index contributed by atoms with van der Waals surface area (Å²) in [5.41, 5.74) is 4.15. The standard InChI is InChI=1S/C41H45F2N7O5S/c1-23-8-5-9-24(2)36(23)30-19-35(48-39(47-30)49-56(53,54)28-12-6-11-27(17-28)38(51)52)55-21-33-26(16-25-14-15-25)10-7-13-29(45-33)32-20-44-31-18-34(50(4)37(31)46-32)40(3)22-41(40,42)43/h5-6,8-9,11-12,17-20,25-26,29,33,45H,7,10,13-16,21-22H2,1-4H3,(H,51,52)(H,47,48,49)/t26-,29-,33-,40?/m0/s1. The van der Waals surface area contributed by atoms with E-state index in [1.54, 1.807) is 36.9 Å². The average molecular weight is 786 g/mol. The number of carboxylic acid groups (broad SMARTS) is 1. The third-order valence-corrected chi connectivity index (χ3v) is 13.1. The van der Waals surface area contributed by atoms with Crippen molar-refractivity contribution in [3.63, 3.8) is 0 Å². The summed E-state index contributed by atoms with van der Waals surface area (Å²) < 4.78 is 66.5. The summed E-state index contributed by atoms with van der Waals surface area (Å²) in [6, 6.07) is 14.0. The number of ether oxygens (including phenoxy) is 1. The van der Waals surface area contributed by atoms with Crippen molar-refractivity contribution >= 4 is 33.1 Å².